The SMILES string of the molecule is CC(=O)N1CCC(C(=O)N2CC(c3ccc(Cl)c(Cl)c3)C(C(C)Oc3ccc(C#N)cn3)C2)CC1. The lowest BCUT2D eigenvalue weighted by atomic mass is 9.86. The van der Waals surface area contributed by atoms with E-state index in [9.17, 15) is 9.59 Å². The summed E-state index contributed by atoms with van der Waals surface area (Å²) in [5.74, 6) is 0.551. The van der Waals surface area contributed by atoms with Gasteiger partial charge < -0.3 is 14.5 Å². The first-order chi connectivity index (χ1) is 16.8. The summed E-state index contributed by atoms with van der Waals surface area (Å²) in [6.45, 7) is 5.89. The fraction of sp³-hybridized carbons (Fsp3) is 0.462. The highest BCUT2D eigenvalue weighted by molar-refractivity contribution is 6.42. The van der Waals surface area contributed by atoms with E-state index in [1.54, 1.807) is 30.0 Å². The van der Waals surface area contributed by atoms with Crippen molar-refractivity contribution in [1.82, 2.24) is 14.8 Å². The molecule has 3 heterocycles. The number of pyridine rings is 1. The lowest BCUT2D eigenvalue weighted by Crippen LogP contribution is -2.43. The van der Waals surface area contributed by atoms with Crippen LogP contribution in [-0.4, -0.2) is 58.9 Å². The van der Waals surface area contributed by atoms with Crippen LogP contribution in [0.1, 0.15) is 43.7 Å². The van der Waals surface area contributed by atoms with Crippen molar-refractivity contribution in [2.24, 2.45) is 11.8 Å². The molecule has 2 aliphatic heterocycles. The van der Waals surface area contributed by atoms with E-state index in [-0.39, 0.29) is 35.7 Å². The summed E-state index contributed by atoms with van der Waals surface area (Å²) < 4.78 is 6.16. The standard InChI is InChI=1S/C26H28Cl2N4O3/c1-16(35-25-6-3-18(12-29)13-30-25)21-14-32(15-22(21)20-4-5-23(27)24(28)11-20)26(34)19-7-9-31(10-8-19)17(2)33/h3-6,11,13,16,19,21-22H,7-10,14-15H2,1-2H3. The van der Waals surface area contributed by atoms with Gasteiger partial charge in [0.2, 0.25) is 17.7 Å². The third-order valence-electron chi connectivity index (χ3n) is 7.11. The second-order valence-electron chi connectivity index (χ2n) is 9.29. The van der Waals surface area contributed by atoms with Crippen LogP contribution in [0.2, 0.25) is 10.0 Å². The molecular formula is C26H28Cl2N4O3. The third-order valence-corrected chi connectivity index (χ3v) is 7.85. The van der Waals surface area contributed by atoms with E-state index in [0.717, 1.165) is 5.56 Å². The summed E-state index contributed by atoms with van der Waals surface area (Å²) in [5.41, 5.74) is 1.47. The predicted octanol–water partition coefficient (Wildman–Crippen LogP) is 4.53. The minimum Gasteiger partial charge on any atom is -0.474 e. The summed E-state index contributed by atoms with van der Waals surface area (Å²) in [5, 5.41) is 9.97. The number of aromatic nitrogens is 1. The van der Waals surface area contributed by atoms with E-state index >= 15 is 0 Å². The molecule has 184 valence electrons. The summed E-state index contributed by atoms with van der Waals surface area (Å²) >= 11 is 12.5. The van der Waals surface area contributed by atoms with E-state index in [1.807, 2.05) is 24.0 Å². The molecule has 1 aromatic heterocycles. The van der Waals surface area contributed by atoms with Crippen molar-refractivity contribution < 1.29 is 14.3 Å². The van der Waals surface area contributed by atoms with Crippen LogP contribution in [0.5, 0.6) is 5.88 Å². The fourth-order valence-electron chi connectivity index (χ4n) is 5.07. The number of piperidine rings is 1. The van der Waals surface area contributed by atoms with Gasteiger partial charge in [0.05, 0.1) is 15.6 Å². The minimum absolute atomic E-state index is 0.00550. The fourth-order valence-corrected chi connectivity index (χ4v) is 5.38. The molecule has 2 amide bonds. The van der Waals surface area contributed by atoms with Gasteiger partial charge in [0.1, 0.15) is 12.2 Å². The Morgan fingerprint density at radius 3 is 2.46 bits per heavy atom. The number of halogens is 2. The molecule has 3 atom stereocenters. The number of nitrogens with zero attached hydrogens (tertiary/aromatic N) is 4. The van der Waals surface area contributed by atoms with Crippen LogP contribution in [0, 0.1) is 23.2 Å². The van der Waals surface area contributed by atoms with E-state index in [2.05, 4.69) is 11.1 Å². The normalized spacial score (nSPS) is 21.5. The minimum atomic E-state index is -0.243. The van der Waals surface area contributed by atoms with Gasteiger partial charge in [0.25, 0.3) is 0 Å². The van der Waals surface area contributed by atoms with Crippen LogP contribution in [0.4, 0.5) is 0 Å². The summed E-state index contributed by atoms with van der Waals surface area (Å²) in [6.07, 6.45) is 2.60. The first kappa shape index (κ1) is 25.3. The molecule has 0 aliphatic carbocycles. The molecule has 2 saturated heterocycles. The smallest absolute Gasteiger partial charge is 0.225 e. The second kappa shape index (κ2) is 10.8. The van der Waals surface area contributed by atoms with Crippen LogP contribution in [0.3, 0.4) is 0 Å². The number of carbonyl (C=O) groups is 2. The van der Waals surface area contributed by atoms with Crippen LogP contribution in [-0.2, 0) is 9.59 Å². The second-order valence-corrected chi connectivity index (χ2v) is 10.1. The predicted molar refractivity (Wildman–Crippen MR) is 133 cm³/mol. The van der Waals surface area contributed by atoms with Gasteiger partial charge in [0, 0.05) is 63.1 Å². The summed E-state index contributed by atoms with van der Waals surface area (Å²) in [4.78, 5) is 33.1. The first-order valence-corrected chi connectivity index (χ1v) is 12.5. The highest BCUT2D eigenvalue weighted by Gasteiger charge is 2.42. The van der Waals surface area contributed by atoms with E-state index < -0.39 is 0 Å². The van der Waals surface area contributed by atoms with Gasteiger partial charge in [-0.25, -0.2) is 4.98 Å². The van der Waals surface area contributed by atoms with Crippen molar-refractivity contribution in [2.75, 3.05) is 26.2 Å². The molecule has 3 unspecified atom stereocenters. The molecule has 1 aromatic carbocycles. The Morgan fingerprint density at radius 1 is 1.11 bits per heavy atom. The highest BCUT2D eigenvalue weighted by Crippen LogP contribution is 2.39. The number of benzene rings is 1. The lowest BCUT2D eigenvalue weighted by molar-refractivity contribution is -0.139. The van der Waals surface area contributed by atoms with Gasteiger partial charge in [-0.15, -0.1) is 0 Å². The Morgan fingerprint density at radius 2 is 1.86 bits per heavy atom. The van der Waals surface area contributed by atoms with Gasteiger partial charge in [-0.1, -0.05) is 29.3 Å². The topological polar surface area (TPSA) is 86.5 Å². The molecule has 7 nitrogen and oxygen atoms in total. The summed E-state index contributed by atoms with van der Waals surface area (Å²) in [7, 11) is 0. The molecule has 2 aliphatic rings. The number of hydrogen-bond acceptors (Lipinski definition) is 5. The van der Waals surface area contributed by atoms with Gasteiger partial charge >= 0.3 is 0 Å². The third kappa shape index (κ3) is 5.71. The molecule has 2 aromatic rings. The number of amides is 2. The number of likely N-dealkylation sites (tertiary alicyclic amines) is 2. The zero-order valence-electron chi connectivity index (χ0n) is 19.8. The molecule has 9 heteroatoms. The zero-order chi connectivity index (χ0) is 25.1. The maximum absolute atomic E-state index is 13.5. The van der Waals surface area contributed by atoms with Crippen LogP contribution in [0.25, 0.3) is 0 Å². The van der Waals surface area contributed by atoms with Crippen LogP contribution >= 0.6 is 23.2 Å². The maximum atomic E-state index is 13.5. The number of rotatable bonds is 5. The Bertz CT molecular complexity index is 1130. The Balaban J connectivity index is 1.52. The van der Waals surface area contributed by atoms with Crippen molar-refractivity contribution in [3.63, 3.8) is 0 Å². The van der Waals surface area contributed by atoms with Gasteiger partial charge in [-0.3, -0.25) is 9.59 Å². The largest absolute Gasteiger partial charge is 0.474 e. The summed E-state index contributed by atoms with van der Waals surface area (Å²) in [6, 6.07) is 11.0. The number of hydrogen-bond donors (Lipinski definition) is 0. The molecule has 35 heavy (non-hydrogen) atoms. The number of nitriles is 1. The van der Waals surface area contributed by atoms with E-state index in [1.165, 1.54) is 6.20 Å². The molecule has 0 spiro atoms. The zero-order valence-corrected chi connectivity index (χ0v) is 21.3. The van der Waals surface area contributed by atoms with Crippen molar-refractivity contribution in [3.8, 4) is 11.9 Å². The average molecular weight is 515 g/mol. The Kier molecular flexibility index (Phi) is 7.83. The Labute approximate surface area is 215 Å². The monoisotopic (exact) mass is 514 g/mol. The first-order valence-electron chi connectivity index (χ1n) is 11.8. The van der Waals surface area contributed by atoms with E-state index in [4.69, 9.17) is 33.2 Å². The number of ether oxygens (including phenoxy) is 1. The Hall–Kier alpha value is -2.82. The molecule has 2 fully saturated rings. The molecule has 0 N–H and O–H groups in total. The quantitative estimate of drug-likeness (QED) is 0.584. The van der Waals surface area contributed by atoms with Crippen LogP contribution in [0.15, 0.2) is 36.5 Å². The maximum Gasteiger partial charge on any atom is 0.225 e. The van der Waals surface area contributed by atoms with E-state index in [0.29, 0.717) is 60.5 Å². The average Bonchev–Trinajstić information content (AvgIpc) is 3.31. The van der Waals surface area contributed by atoms with Gasteiger partial charge in [0.15, 0.2) is 0 Å². The molecule has 0 saturated carbocycles. The molecule has 0 bridgehead atoms. The van der Waals surface area contributed by atoms with Gasteiger partial charge in [-0.05, 0) is 43.5 Å². The van der Waals surface area contributed by atoms with Crippen molar-refractivity contribution >= 4 is 35.0 Å². The molecule has 4 rings (SSSR count). The molecule has 0 radical (unpaired) electrons. The van der Waals surface area contributed by atoms with Crippen molar-refractivity contribution in [1.29, 1.82) is 5.26 Å². The van der Waals surface area contributed by atoms with Crippen molar-refractivity contribution in [3.05, 3.63) is 57.7 Å². The van der Waals surface area contributed by atoms with Crippen LogP contribution < -0.4 is 4.74 Å². The number of carbonyl (C=O) groups excluding carboxylic acids is 2. The molecular weight excluding hydrogens is 487 g/mol. The van der Waals surface area contributed by atoms with Gasteiger partial charge in [-0.2, -0.15) is 5.26 Å². The highest BCUT2D eigenvalue weighted by atomic mass is 35.5. The van der Waals surface area contributed by atoms with Crippen molar-refractivity contribution in [2.45, 2.75) is 38.7 Å². The lowest BCUT2D eigenvalue weighted by Gasteiger charge is -2.32.